The zero-order chi connectivity index (χ0) is 18.8. The van der Waals surface area contributed by atoms with Crippen LogP contribution >= 0.6 is 0 Å². The van der Waals surface area contributed by atoms with Crippen molar-refractivity contribution in [3.05, 3.63) is 0 Å². The molecule has 4 aliphatic carbocycles. The van der Waals surface area contributed by atoms with Crippen LogP contribution in [0.1, 0.15) is 125 Å². The lowest BCUT2D eigenvalue weighted by atomic mass is 9.45. The van der Waals surface area contributed by atoms with E-state index in [1.165, 1.54) is 38.5 Å². The maximum atomic E-state index is 2.73. The van der Waals surface area contributed by atoms with Crippen LogP contribution in [0, 0.1) is 40.4 Å². The third-order valence-electron chi connectivity index (χ3n) is 9.94. The highest BCUT2D eigenvalue weighted by Crippen LogP contribution is 2.67. The highest BCUT2D eigenvalue weighted by molar-refractivity contribution is 5.08. The fourth-order valence-corrected chi connectivity index (χ4v) is 8.52. The Morgan fingerprint density at radius 2 is 1.50 bits per heavy atom. The Kier molecular flexibility index (Phi) is 6.83. The van der Waals surface area contributed by atoms with Crippen molar-refractivity contribution in [2.75, 3.05) is 0 Å². The van der Waals surface area contributed by atoms with Gasteiger partial charge in [-0.15, -0.1) is 0 Å². The van der Waals surface area contributed by atoms with Gasteiger partial charge in [0.1, 0.15) is 0 Å². The Morgan fingerprint density at radius 1 is 0.731 bits per heavy atom. The van der Waals surface area contributed by atoms with Gasteiger partial charge in [-0.3, -0.25) is 0 Å². The lowest BCUT2D eigenvalue weighted by Crippen LogP contribution is -2.52. The molecule has 0 aromatic heterocycles. The summed E-state index contributed by atoms with van der Waals surface area (Å²) in [6, 6.07) is 0. The van der Waals surface area contributed by atoms with E-state index in [2.05, 4.69) is 20.8 Å². The molecule has 0 aromatic carbocycles. The van der Waals surface area contributed by atoms with Gasteiger partial charge in [0.25, 0.3) is 0 Å². The van der Waals surface area contributed by atoms with Gasteiger partial charge in [-0.25, -0.2) is 0 Å². The summed E-state index contributed by atoms with van der Waals surface area (Å²) in [4.78, 5) is 0. The van der Waals surface area contributed by atoms with Crippen molar-refractivity contribution in [3.63, 3.8) is 0 Å². The first-order valence-corrected chi connectivity index (χ1v) is 12.6. The van der Waals surface area contributed by atoms with E-state index in [1.54, 1.807) is 51.4 Å². The summed E-state index contributed by atoms with van der Waals surface area (Å²) in [7, 11) is 0. The molecule has 0 heterocycles. The summed E-state index contributed by atoms with van der Waals surface area (Å²) < 4.78 is 0. The van der Waals surface area contributed by atoms with Gasteiger partial charge in [-0.2, -0.15) is 0 Å². The third-order valence-corrected chi connectivity index (χ3v) is 9.94. The summed E-state index contributed by atoms with van der Waals surface area (Å²) >= 11 is 0. The average Bonchev–Trinajstić information content (AvgIpc) is 3.00. The van der Waals surface area contributed by atoms with Crippen molar-refractivity contribution in [2.24, 2.45) is 40.4 Å². The van der Waals surface area contributed by atoms with Crippen LogP contribution in [0.15, 0.2) is 0 Å². The van der Waals surface area contributed by atoms with E-state index >= 15 is 0 Å². The van der Waals surface area contributed by atoms with Crippen LogP contribution < -0.4 is 0 Å². The Bertz CT molecular complexity index is 439. The number of hydrogen-bond donors (Lipinski definition) is 0. The molecule has 0 amide bonds. The summed E-state index contributed by atoms with van der Waals surface area (Å²) in [5.74, 6) is 5.41. The highest BCUT2D eigenvalue weighted by Gasteiger charge is 2.59. The number of fused-ring (bicyclic) bond motifs is 5. The molecule has 7 unspecified atom stereocenters. The fourth-order valence-electron chi connectivity index (χ4n) is 8.52. The van der Waals surface area contributed by atoms with Crippen molar-refractivity contribution < 1.29 is 0 Å². The van der Waals surface area contributed by atoms with E-state index in [9.17, 15) is 0 Å². The Balaban J connectivity index is 0.000000948. The second-order valence-corrected chi connectivity index (χ2v) is 10.7. The molecule has 152 valence electrons. The molecule has 7 atom stereocenters. The Morgan fingerprint density at radius 3 is 2.27 bits per heavy atom. The SMILES string of the molecule is CC.CCCCCC1CCC2C3CCC4CCCCC4(C)C3CCC12C. The minimum Gasteiger partial charge on any atom is -0.0683 e. The second-order valence-electron chi connectivity index (χ2n) is 10.7. The molecule has 26 heavy (non-hydrogen) atoms. The van der Waals surface area contributed by atoms with Crippen molar-refractivity contribution >= 4 is 0 Å². The van der Waals surface area contributed by atoms with E-state index in [4.69, 9.17) is 0 Å². The van der Waals surface area contributed by atoms with Crippen LogP contribution in [0.2, 0.25) is 0 Å². The van der Waals surface area contributed by atoms with Gasteiger partial charge in [-0.05, 0) is 98.2 Å². The van der Waals surface area contributed by atoms with Gasteiger partial charge in [0.15, 0.2) is 0 Å². The first-order valence-electron chi connectivity index (χ1n) is 12.6. The van der Waals surface area contributed by atoms with Gasteiger partial charge in [0, 0.05) is 0 Å². The molecule has 0 saturated heterocycles. The molecule has 4 saturated carbocycles. The summed E-state index contributed by atoms with van der Waals surface area (Å²) in [5, 5.41) is 0. The zero-order valence-electron chi connectivity index (χ0n) is 18.8. The quantitative estimate of drug-likeness (QED) is 0.440. The van der Waals surface area contributed by atoms with Crippen LogP contribution in [0.4, 0.5) is 0 Å². The maximum Gasteiger partial charge on any atom is -0.0266 e. The molecular weight excluding hydrogens is 312 g/mol. The highest BCUT2D eigenvalue weighted by atomic mass is 14.6. The third kappa shape index (κ3) is 3.41. The van der Waals surface area contributed by atoms with Crippen LogP contribution in [-0.4, -0.2) is 0 Å². The van der Waals surface area contributed by atoms with Crippen LogP contribution in [0.5, 0.6) is 0 Å². The normalized spacial score (nSPS) is 47.2. The van der Waals surface area contributed by atoms with Crippen molar-refractivity contribution in [2.45, 2.75) is 125 Å². The number of hydrogen-bond acceptors (Lipinski definition) is 0. The van der Waals surface area contributed by atoms with Crippen LogP contribution in [0.25, 0.3) is 0 Å². The van der Waals surface area contributed by atoms with Crippen molar-refractivity contribution in [3.8, 4) is 0 Å². The molecule has 0 radical (unpaired) electrons. The molecule has 0 spiro atoms. The van der Waals surface area contributed by atoms with E-state index < -0.39 is 0 Å². The molecule has 0 bridgehead atoms. The van der Waals surface area contributed by atoms with Gasteiger partial charge in [0.05, 0.1) is 0 Å². The van der Waals surface area contributed by atoms with E-state index in [0.29, 0.717) is 5.41 Å². The summed E-state index contributed by atoms with van der Waals surface area (Å²) in [6.07, 6.45) is 21.5. The predicted octanol–water partition coefficient (Wildman–Crippen LogP) is 8.64. The van der Waals surface area contributed by atoms with Gasteiger partial charge >= 0.3 is 0 Å². The molecule has 0 heteroatoms. The zero-order valence-corrected chi connectivity index (χ0v) is 18.8. The molecular formula is C26H48. The second kappa shape index (κ2) is 8.57. The van der Waals surface area contributed by atoms with Crippen LogP contribution in [0.3, 0.4) is 0 Å². The summed E-state index contributed by atoms with van der Waals surface area (Å²) in [5.41, 5.74) is 1.44. The first-order chi connectivity index (χ1) is 12.6. The Labute approximate surface area is 165 Å². The van der Waals surface area contributed by atoms with E-state index in [0.717, 1.165) is 35.0 Å². The molecule has 0 aromatic rings. The van der Waals surface area contributed by atoms with Gasteiger partial charge < -0.3 is 0 Å². The minimum atomic E-state index is 0.715. The summed E-state index contributed by atoms with van der Waals surface area (Å²) in [6.45, 7) is 11.8. The molecule has 4 fully saturated rings. The lowest BCUT2D eigenvalue weighted by Gasteiger charge is -2.60. The number of unbranched alkanes of at least 4 members (excludes halogenated alkanes) is 2. The Hall–Kier alpha value is 0. The van der Waals surface area contributed by atoms with E-state index in [-0.39, 0.29) is 0 Å². The van der Waals surface area contributed by atoms with Gasteiger partial charge in [-0.1, -0.05) is 66.7 Å². The van der Waals surface area contributed by atoms with Crippen molar-refractivity contribution in [1.82, 2.24) is 0 Å². The first kappa shape index (κ1) is 20.7. The smallest absolute Gasteiger partial charge is 0.0266 e. The van der Waals surface area contributed by atoms with Gasteiger partial charge in [0.2, 0.25) is 0 Å². The maximum absolute atomic E-state index is 2.73. The molecule has 0 N–H and O–H groups in total. The fraction of sp³-hybridized carbons (Fsp3) is 1.00. The molecule has 4 aliphatic rings. The molecule has 0 nitrogen and oxygen atoms in total. The lowest BCUT2D eigenvalue weighted by molar-refractivity contribution is -0.111. The number of rotatable bonds is 4. The van der Waals surface area contributed by atoms with E-state index in [1.807, 2.05) is 13.8 Å². The monoisotopic (exact) mass is 360 g/mol. The van der Waals surface area contributed by atoms with Crippen LogP contribution in [-0.2, 0) is 0 Å². The average molecular weight is 361 g/mol. The standard InChI is InChI=1S/C24H42.C2H6/c1-4-5-6-9-19-12-14-21-20-13-11-18-10-7-8-16-23(18,2)22(20)15-17-24(19,21)3;1-2/h18-22H,4-17H2,1-3H3;1-2H3. The van der Waals surface area contributed by atoms with Crippen molar-refractivity contribution in [1.29, 1.82) is 0 Å². The largest absolute Gasteiger partial charge is 0.0683 e. The topological polar surface area (TPSA) is 0 Å². The minimum absolute atomic E-state index is 0.715. The molecule has 4 rings (SSSR count). The predicted molar refractivity (Wildman–Crippen MR) is 115 cm³/mol. The molecule has 0 aliphatic heterocycles.